The second-order valence-electron chi connectivity index (χ2n) is 6.28. The van der Waals surface area contributed by atoms with Crippen molar-refractivity contribution in [3.05, 3.63) is 30.3 Å². The fraction of sp³-hybridized carbons (Fsp3) is 0.500. The molecule has 0 spiro atoms. The van der Waals surface area contributed by atoms with Gasteiger partial charge in [0.15, 0.2) is 0 Å². The number of aliphatic carboxylic acids is 1. The van der Waals surface area contributed by atoms with Gasteiger partial charge in [0.05, 0.1) is 0 Å². The molecule has 1 aliphatic rings. The Kier molecular flexibility index (Phi) is 5.14. The summed E-state index contributed by atoms with van der Waals surface area (Å²) in [4.78, 5) is 25.2. The SMILES string of the molecule is CC(C)(C)OC(=O)N1C[C@@H]([Se]c2ccccc2)C[C@@H]1C(=O)O. The second-order valence-corrected chi connectivity index (χ2v) is 9.16. The number of amides is 1. The number of rotatable bonds is 3. The van der Waals surface area contributed by atoms with Crippen LogP contribution in [0, 0.1) is 0 Å². The summed E-state index contributed by atoms with van der Waals surface area (Å²) in [6.45, 7) is 5.78. The number of carbonyl (C=O) groups excluding carboxylic acids is 1. The Bertz CT molecular complexity index is 541. The third-order valence-electron chi connectivity index (χ3n) is 3.22. The first-order valence-corrected chi connectivity index (χ1v) is 9.05. The molecule has 0 radical (unpaired) electrons. The van der Waals surface area contributed by atoms with Crippen LogP contribution in [-0.2, 0) is 9.53 Å². The number of hydrogen-bond donors (Lipinski definition) is 1. The Morgan fingerprint density at radius 3 is 2.45 bits per heavy atom. The molecule has 0 saturated carbocycles. The summed E-state index contributed by atoms with van der Waals surface area (Å²) in [7, 11) is 0. The van der Waals surface area contributed by atoms with Gasteiger partial charge in [-0.25, -0.2) is 0 Å². The minimum absolute atomic E-state index is 0.145. The summed E-state index contributed by atoms with van der Waals surface area (Å²) >= 11 is 0.145. The van der Waals surface area contributed by atoms with Crippen molar-refractivity contribution in [3.8, 4) is 0 Å². The zero-order valence-electron chi connectivity index (χ0n) is 13.0. The predicted octanol–water partition coefficient (Wildman–Crippen LogP) is 1.90. The van der Waals surface area contributed by atoms with Crippen molar-refractivity contribution < 1.29 is 19.4 Å². The Morgan fingerprint density at radius 1 is 1.27 bits per heavy atom. The molecule has 1 aromatic rings. The van der Waals surface area contributed by atoms with Crippen LogP contribution in [0.3, 0.4) is 0 Å². The van der Waals surface area contributed by atoms with E-state index in [9.17, 15) is 14.7 Å². The third-order valence-corrected chi connectivity index (χ3v) is 5.78. The van der Waals surface area contributed by atoms with Crippen molar-refractivity contribution in [1.29, 1.82) is 0 Å². The summed E-state index contributed by atoms with van der Waals surface area (Å²) in [6.07, 6.45) is -0.0463. The summed E-state index contributed by atoms with van der Waals surface area (Å²) in [5.41, 5.74) is -0.622. The van der Waals surface area contributed by atoms with Crippen LogP contribution in [0.1, 0.15) is 27.2 Å². The number of hydrogen-bond acceptors (Lipinski definition) is 3. The molecule has 1 aromatic carbocycles. The van der Waals surface area contributed by atoms with Crippen LogP contribution < -0.4 is 4.46 Å². The predicted molar refractivity (Wildman–Crippen MR) is 84.6 cm³/mol. The maximum atomic E-state index is 12.2. The number of carboxylic acid groups (broad SMARTS) is 1. The number of benzene rings is 1. The van der Waals surface area contributed by atoms with Gasteiger partial charge in [-0.05, 0) is 0 Å². The normalized spacial score (nSPS) is 21.7. The van der Waals surface area contributed by atoms with Gasteiger partial charge in [-0.2, -0.15) is 0 Å². The van der Waals surface area contributed by atoms with E-state index in [-0.39, 0.29) is 19.8 Å². The number of carboxylic acids is 1. The van der Waals surface area contributed by atoms with E-state index >= 15 is 0 Å². The van der Waals surface area contributed by atoms with Crippen LogP contribution in [0.4, 0.5) is 4.79 Å². The van der Waals surface area contributed by atoms with Gasteiger partial charge in [-0.15, -0.1) is 0 Å². The van der Waals surface area contributed by atoms with Crippen LogP contribution in [-0.4, -0.2) is 55.2 Å². The summed E-state index contributed by atoms with van der Waals surface area (Å²) in [5, 5.41) is 9.37. The van der Waals surface area contributed by atoms with E-state index < -0.39 is 23.7 Å². The molecule has 1 amide bonds. The van der Waals surface area contributed by atoms with Crippen molar-refractivity contribution >= 4 is 31.5 Å². The van der Waals surface area contributed by atoms with Gasteiger partial charge in [0.1, 0.15) is 0 Å². The topological polar surface area (TPSA) is 66.8 Å². The molecule has 22 heavy (non-hydrogen) atoms. The van der Waals surface area contributed by atoms with Crippen LogP contribution >= 0.6 is 0 Å². The van der Waals surface area contributed by atoms with E-state index in [1.54, 1.807) is 20.8 Å². The molecule has 120 valence electrons. The first kappa shape index (κ1) is 16.8. The Balaban J connectivity index is 2.06. The van der Waals surface area contributed by atoms with Crippen LogP contribution in [0.15, 0.2) is 30.3 Å². The monoisotopic (exact) mass is 371 g/mol. The molecule has 2 atom stereocenters. The fourth-order valence-electron chi connectivity index (χ4n) is 2.33. The van der Waals surface area contributed by atoms with Crippen molar-refractivity contribution in [2.24, 2.45) is 0 Å². The van der Waals surface area contributed by atoms with Crippen LogP contribution in [0.5, 0.6) is 0 Å². The number of carbonyl (C=O) groups is 2. The van der Waals surface area contributed by atoms with Gasteiger partial charge in [-0.1, -0.05) is 0 Å². The molecule has 0 aliphatic carbocycles. The number of ether oxygens (including phenoxy) is 1. The van der Waals surface area contributed by atoms with Gasteiger partial charge >= 0.3 is 136 Å². The molecule has 0 unspecified atom stereocenters. The zero-order chi connectivity index (χ0) is 16.3. The van der Waals surface area contributed by atoms with Gasteiger partial charge in [0.2, 0.25) is 0 Å². The molecule has 1 heterocycles. The summed E-state index contributed by atoms with van der Waals surface area (Å²) in [6, 6.07) is 9.23. The summed E-state index contributed by atoms with van der Waals surface area (Å²) < 4.78 is 6.55. The average Bonchev–Trinajstić information content (AvgIpc) is 2.82. The molecule has 0 bridgehead atoms. The van der Waals surface area contributed by atoms with E-state index in [0.717, 1.165) is 0 Å². The van der Waals surface area contributed by atoms with Crippen LogP contribution in [0.25, 0.3) is 0 Å². The Hall–Kier alpha value is -1.52. The zero-order valence-corrected chi connectivity index (χ0v) is 14.7. The second kappa shape index (κ2) is 6.71. The molecular weight excluding hydrogens is 349 g/mol. The van der Waals surface area contributed by atoms with Crippen molar-refractivity contribution in [2.75, 3.05) is 6.54 Å². The van der Waals surface area contributed by atoms with Crippen molar-refractivity contribution in [2.45, 2.75) is 43.7 Å². The van der Waals surface area contributed by atoms with E-state index in [1.165, 1.54) is 9.36 Å². The third kappa shape index (κ3) is 4.49. The molecule has 1 saturated heterocycles. The standard InChI is InChI=1S/C16H21NO4Se/c1-16(2,3)21-15(20)17-10-12(9-13(17)14(18)19)22-11-7-5-4-6-8-11/h4-8,12-13H,9-10H2,1-3H3,(H,18,19)/t12-,13+/m0/s1. The molecular formula is C16H21NO4Se. The molecule has 1 aliphatic heterocycles. The molecule has 0 aromatic heterocycles. The van der Waals surface area contributed by atoms with Crippen molar-refractivity contribution in [3.63, 3.8) is 0 Å². The first-order valence-electron chi connectivity index (χ1n) is 7.20. The van der Waals surface area contributed by atoms with E-state index in [2.05, 4.69) is 0 Å². The summed E-state index contributed by atoms with van der Waals surface area (Å²) in [5.74, 6) is -0.961. The van der Waals surface area contributed by atoms with E-state index in [1.807, 2.05) is 30.3 Å². The number of nitrogens with zero attached hydrogens (tertiary/aromatic N) is 1. The molecule has 5 nitrogen and oxygen atoms in total. The van der Waals surface area contributed by atoms with Gasteiger partial charge < -0.3 is 0 Å². The van der Waals surface area contributed by atoms with Gasteiger partial charge in [0.25, 0.3) is 0 Å². The Morgan fingerprint density at radius 2 is 1.91 bits per heavy atom. The van der Waals surface area contributed by atoms with Gasteiger partial charge in [0, 0.05) is 0 Å². The molecule has 2 rings (SSSR count). The molecule has 1 fully saturated rings. The van der Waals surface area contributed by atoms with Crippen molar-refractivity contribution in [1.82, 2.24) is 4.90 Å². The quantitative estimate of drug-likeness (QED) is 0.826. The fourth-order valence-corrected chi connectivity index (χ4v) is 4.88. The number of likely N-dealkylation sites (tertiary alicyclic amines) is 1. The molecule has 1 N–H and O–H groups in total. The first-order chi connectivity index (χ1) is 10.3. The molecule has 6 heteroatoms. The van der Waals surface area contributed by atoms with E-state index in [0.29, 0.717) is 13.0 Å². The minimum atomic E-state index is -0.961. The Labute approximate surface area is 136 Å². The maximum absolute atomic E-state index is 12.2. The van der Waals surface area contributed by atoms with Crippen LogP contribution in [0.2, 0.25) is 4.82 Å². The van der Waals surface area contributed by atoms with Gasteiger partial charge in [-0.3, -0.25) is 0 Å². The average molecular weight is 370 g/mol. The van der Waals surface area contributed by atoms with E-state index in [4.69, 9.17) is 4.74 Å².